The molecule has 29 heavy (non-hydrogen) atoms. The van der Waals surface area contributed by atoms with Gasteiger partial charge in [0.25, 0.3) is 5.91 Å². The molecule has 0 aliphatic heterocycles. The van der Waals surface area contributed by atoms with Crippen molar-refractivity contribution >= 4 is 5.91 Å². The molecule has 0 radical (unpaired) electrons. The standard InChI is InChI=1S/C22H25N3O4/c1-15(26)21(25-13-20(22(23)27)24-14-25)9-10-29-19-8-4-6-17(12-19)16-5-3-7-18(11-16)28-2/h3-8,11-15,21,26H,9-10H2,1-2H3,(H2,23,27)/t15-,21+/m0/s1. The van der Waals surface area contributed by atoms with E-state index < -0.39 is 12.0 Å². The number of aliphatic hydroxyl groups is 1. The predicted octanol–water partition coefficient (Wildman–Crippen LogP) is 3.05. The van der Waals surface area contributed by atoms with Crippen molar-refractivity contribution < 1.29 is 19.4 Å². The zero-order valence-electron chi connectivity index (χ0n) is 16.5. The Balaban J connectivity index is 1.66. The minimum Gasteiger partial charge on any atom is -0.497 e. The number of nitrogens with zero attached hydrogens (tertiary/aromatic N) is 2. The fourth-order valence-electron chi connectivity index (χ4n) is 3.15. The number of amides is 1. The van der Waals surface area contributed by atoms with Gasteiger partial charge in [-0.2, -0.15) is 0 Å². The van der Waals surface area contributed by atoms with Crippen LogP contribution in [0.3, 0.4) is 0 Å². The number of aromatic nitrogens is 2. The molecular weight excluding hydrogens is 370 g/mol. The number of aliphatic hydroxyl groups excluding tert-OH is 1. The molecule has 0 aliphatic rings. The van der Waals surface area contributed by atoms with E-state index in [0.717, 1.165) is 22.6 Å². The van der Waals surface area contributed by atoms with E-state index in [-0.39, 0.29) is 11.7 Å². The van der Waals surface area contributed by atoms with Crippen LogP contribution < -0.4 is 15.2 Å². The summed E-state index contributed by atoms with van der Waals surface area (Å²) in [5.41, 5.74) is 7.48. The normalized spacial score (nSPS) is 12.9. The van der Waals surface area contributed by atoms with Crippen molar-refractivity contribution in [3.63, 3.8) is 0 Å². The third-order valence-corrected chi connectivity index (χ3v) is 4.71. The summed E-state index contributed by atoms with van der Waals surface area (Å²) < 4.78 is 12.9. The molecule has 7 heteroatoms. The molecule has 7 nitrogen and oxygen atoms in total. The van der Waals surface area contributed by atoms with Gasteiger partial charge in [0.2, 0.25) is 0 Å². The number of hydrogen-bond acceptors (Lipinski definition) is 5. The lowest BCUT2D eigenvalue weighted by atomic mass is 10.1. The van der Waals surface area contributed by atoms with Crippen LogP contribution >= 0.6 is 0 Å². The molecule has 0 fully saturated rings. The summed E-state index contributed by atoms with van der Waals surface area (Å²) in [5.74, 6) is 0.932. The quantitative estimate of drug-likeness (QED) is 0.580. The smallest absolute Gasteiger partial charge is 0.268 e. The number of methoxy groups -OCH3 is 1. The third-order valence-electron chi connectivity index (χ3n) is 4.71. The summed E-state index contributed by atoms with van der Waals surface area (Å²) in [7, 11) is 1.64. The Morgan fingerprint density at radius 3 is 2.41 bits per heavy atom. The van der Waals surface area contributed by atoms with Crippen LogP contribution in [0.15, 0.2) is 61.1 Å². The van der Waals surface area contributed by atoms with E-state index in [1.165, 1.54) is 6.33 Å². The summed E-state index contributed by atoms with van der Waals surface area (Å²) in [5, 5.41) is 10.1. The molecule has 2 aromatic carbocycles. The second-order valence-corrected chi connectivity index (χ2v) is 6.78. The number of nitrogens with two attached hydrogens (primary N) is 1. The molecule has 2 atom stereocenters. The van der Waals surface area contributed by atoms with Crippen molar-refractivity contribution in [2.24, 2.45) is 5.73 Å². The number of hydrogen-bond donors (Lipinski definition) is 2. The fraction of sp³-hybridized carbons (Fsp3) is 0.273. The highest BCUT2D eigenvalue weighted by atomic mass is 16.5. The zero-order valence-corrected chi connectivity index (χ0v) is 16.5. The maximum absolute atomic E-state index is 11.2. The van der Waals surface area contributed by atoms with E-state index in [1.807, 2.05) is 48.5 Å². The summed E-state index contributed by atoms with van der Waals surface area (Å²) in [6.07, 6.45) is 2.94. The summed E-state index contributed by atoms with van der Waals surface area (Å²) >= 11 is 0. The van der Waals surface area contributed by atoms with Crippen molar-refractivity contribution in [3.05, 3.63) is 66.7 Å². The third kappa shape index (κ3) is 5.14. The van der Waals surface area contributed by atoms with E-state index in [9.17, 15) is 9.90 Å². The number of carbonyl (C=O) groups excluding carboxylic acids is 1. The Morgan fingerprint density at radius 1 is 1.17 bits per heavy atom. The lowest BCUT2D eigenvalue weighted by Crippen LogP contribution is -2.23. The van der Waals surface area contributed by atoms with Gasteiger partial charge < -0.3 is 24.9 Å². The Kier molecular flexibility index (Phi) is 6.51. The topological polar surface area (TPSA) is 99.6 Å². The number of benzene rings is 2. The Morgan fingerprint density at radius 2 is 1.83 bits per heavy atom. The van der Waals surface area contributed by atoms with E-state index in [2.05, 4.69) is 4.98 Å². The van der Waals surface area contributed by atoms with Gasteiger partial charge in [0.15, 0.2) is 0 Å². The van der Waals surface area contributed by atoms with E-state index >= 15 is 0 Å². The highest BCUT2D eigenvalue weighted by molar-refractivity contribution is 5.90. The SMILES string of the molecule is COc1cccc(-c2cccc(OCC[C@H]([C@H](C)O)n3cnc(C(N)=O)c3)c2)c1. The average Bonchev–Trinajstić information content (AvgIpc) is 3.21. The van der Waals surface area contributed by atoms with Crippen LogP contribution in [0.1, 0.15) is 29.9 Å². The number of carbonyl (C=O) groups is 1. The van der Waals surface area contributed by atoms with Gasteiger partial charge in [-0.3, -0.25) is 4.79 Å². The van der Waals surface area contributed by atoms with Gasteiger partial charge in [-0.05, 0) is 42.3 Å². The van der Waals surface area contributed by atoms with Gasteiger partial charge in [-0.15, -0.1) is 0 Å². The Bertz CT molecular complexity index is 968. The molecule has 1 heterocycles. The number of ether oxygens (including phenoxy) is 2. The van der Waals surface area contributed by atoms with Crippen molar-refractivity contribution in [3.8, 4) is 22.6 Å². The van der Waals surface area contributed by atoms with Gasteiger partial charge in [-0.25, -0.2) is 4.98 Å². The van der Waals surface area contributed by atoms with Gasteiger partial charge in [-0.1, -0.05) is 24.3 Å². The lowest BCUT2D eigenvalue weighted by Gasteiger charge is -2.21. The van der Waals surface area contributed by atoms with Gasteiger partial charge in [0.1, 0.15) is 17.2 Å². The van der Waals surface area contributed by atoms with Crippen molar-refractivity contribution in [2.45, 2.75) is 25.5 Å². The molecule has 0 unspecified atom stereocenters. The zero-order chi connectivity index (χ0) is 20.8. The molecular formula is C22H25N3O4. The van der Waals surface area contributed by atoms with Crippen LogP contribution in [0.25, 0.3) is 11.1 Å². The lowest BCUT2D eigenvalue weighted by molar-refractivity contribution is 0.0993. The van der Waals surface area contributed by atoms with Crippen LogP contribution in [0, 0.1) is 0 Å². The second kappa shape index (κ2) is 9.25. The Labute approximate surface area is 169 Å². The molecule has 0 spiro atoms. The molecule has 0 aliphatic carbocycles. The van der Waals surface area contributed by atoms with Gasteiger partial charge in [0.05, 0.1) is 32.2 Å². The average molecular weight is 395 g/mol. The van der Waals surface area contributed by atoms with Crippen molar-refractivity contribution in [2.75, 3.05) is 13.7 Å². The first-order valence-corrected chi connectivity index (χ1v) is 9.36. The summed E-state index contributed by atoms with van der Waals surface area (Å²) in [4.78, 5) is 15.2. The Hall–Kier alpha value is -3.32. The minimum atomic E-state index is -0.642. The molecule has 0 bridgehead atoms. The van der Waals surface area contributed by atoms with E-state index in [4.69, 9.17) is 15.2 Å². The monoisotopic (exact) mass is 395 g/mol. The number of rotatable bonds is 9. The highest BCUT2D eigenvalue weighted by Gasteiger charge is 2.19. The molecule has 0 saturated carbocycles. The van der Waals surface area contributed by atoms with Crippen LogP contribution in [-0.4, -0.2) is 40.4 Å². The largest absolute Gasteiger partial charge is 0.497 e. The molecule has 1 amide bonds. The van der Waals surface area contributed by atoms with Crippen LogP contribution in [0.4, 0.5) is 0 Å². The van der Waals surface area contributed by atoms with Crippen LogP contribution in [0.5, 0.6) is 11.5 Å². The first-order chi connectivity index (χ1) is 14.0. The molecule has 1 aromatic heterocycles. The molecule has 152 valence electrons. The van der Waals surface area contributed by atoms with Gasteiger partial charge >= 0.3 is 0 Å². The summed E-state index contributed by atoms with van der Waals surface area (Å²) in [6, 6.07) is 15.4. The fourth-order valence-corrected chi connectivity index (χ4v) is 3.15. The molecule has 0 saturated heterocycles. The number of imidazole rings is 1. The number of primary amides is 1. The molecule has 3 aromatic rings. The molecule has 3 rings (SSSR count). The maximum atomic E-state index is 11.2. The first kappa shape index (κ1) is 20.4. The van der Waals surface area contributed by atoms with Crippen molar-refractivity contribution in [1.29, 1.82) is 0 Å². The van der Waals surface area contributed by atoms with Crippen molar-refractivity contribution in [1.82, 2.24) is 9.55 Å². The highest BCUT2D eigenvalue weighted by Crippen LogP contribution is 2.27. The maximum Gasteiger partial charge on any atom is 0.268 e. The van der Waals surface area contributed by atoms with Gasteiger partial charge in [0, 0.05) is 12.6 Å². The minimum absolute atomic E-state index is 0.169. The first-order valence-electron chi connectivity index (χ1n) is 9.36. The van der Waals surface area contributed by atoms with E-state index in [1.54, 1.807) is 24.8 Å². The summed E-state index contributed by atoms with van der Waals surface area (Å²) in [6.45, 7) is 2.08. The second-order valence-electron chi connectivity index (χ2n) is 6.78. The van der Waals surface area contributed by atoms with Crippen LogP contribution in [-0.2, 0) is 0 Å². The van der Waals surface area contributed by atoms with E-state index in [0.29, 0.717) is 13.0 Å². The van der Waals surface area contributed by atoms with Crippen LogP contribution in [0.2, 0.25) is 0 Å². The predicted molar refractivity (Wildman–Crippen MR) is 110 cm³/mol. The molecule has 3 N–H and O–H groups in total.